The molecule has 3 rings (SSSR count). The molecule has 0 spiro atoms. The average Bonchev–Trinajstić information content (AvgIpc) is 2.81. The van der Waals surface area contributed by atoms with Crippen LogP contribution >= 0.6 is 0 Å². The van der Waals surface area contributed by atoms with Crippen molar-refractivity contribution < 1.29 is 17.9 Å². The number of hydrogen-bond acceptors (Lipinski definition) is 4. The van der Waals surface area contributed by atoms with Crippen LogP contribution in [0.1, 0.15) is 30.5 Å². The Morgan fingerprint density at radius 2 is 1.69 bits per heavy atom. The summed E-state index contributed by atoms with van der Waals surface area (Å²) in [6.45, 7) is 3.51. The van der Waals surface area contributed by atoms with Gasteiger partial charge in [-0.05, 0) is 43.2 Å². The van der Waals surface area contributed by atoms with Gasteiger partial charge in [0.05, 0.1) is 23.7 Å². The van der Waals surface area contributed by atoms with E-state index in [2.05, 4.69) is 5.32 Å². The van der Waals surface area contributed by atoms with Gasteiger partial charge < -0.3 is 10.1 Å². The molecule has 0 heterocycles. The van der Waals surface area contributed by atoms with Gasteiger partial charge in [0.15, 0.2) is 0 Å². The quantitative estimate of drug-likeness (QED) is 0.520. The summed E-state index contributed by atoms with van der Waals surface area (Å²) in [6.07, 6.45) is 0.680. The van der Waals surface area contributed by atoms with Gasteiger partial charge in [-0.3, -0.25) is 9.10 Å². The molecule has 0 fully saturated rings. The monoisotopic (exact) mass is 452 g/mol. The van der Waals surface area contributed by atoms with E-state index >= 15 is 0 Å². The standard InChI is InChI=1S/C25H28N2O4S/c1-4-24(20-9-6-5-7-10-20)26-25(28)18-27(21-11-8-12-22(17-21)31-3)32(29,30)23-15-13-19(2)14-16-23/h5-17,24H,4,18H2,1-3H3,(H,26,28)/t24-/m0/s1. The van der Waals surface area contributed by atoms with Gasteiger partial charge in [0.25, 0.3) is 10.0 Å². The van der Waals surface area contributed by atoms with E-state index in [1.807, 2.05) is 44.2 Å². The largest absolute Gasteiger partial charge is 0.497 e. The summed E-state index contributed by atoms with van der Waals surface area (Å²) in [5.41, 5.74) is 2.27. The first-order chi connectivity index (χ1) is 15.3. The van der Waals surface area contributed by atoms with Crippen molar-refractivity contribution in [1.82, 2.24) is 5.32 Å². The Labute approximate surface area is 189 Å². The third kappa shape index (κ3) is 5.48. The average molecular weight is 453 g/mol. The van der Waals surface area contributed by atoms with Crippen molar-refractivity contribution in [2.45, 2.75) is 31.2 Å². The Balaban J connectivity index is 1.93. The number of amides is 1. The summed E-state index contributed by atoms with van der Waals surface area (Å²) in [7, 11) is -2.47. The van der Waals surface area contributed by atoms with Crippen molar-refractivity contribution in [3.05, 3.63) is 90.0 Å². The maximum Gasteiger partial charge on any atom is 0.264 e. The van der Waals surface area contributed by atoms with Crippen molar-refractivity contribution in [2.75, 3.05) is 18.0 Å². The van der Waals surface area contributed by atoms with E-state index in [4.69, 9.17) is 4.74 Å². The lowest BCUT2D eigenvalue weighted by Gasteiger charge is -2.26. The molecule has 32 heavy (non-hydrogen) atoms. The van der Waals surface area contributed by atoms with Crippen LogP contribution in [-0.4, -0.2) is 28.0 Å². The molecule has 3 aromatic carbocycles. The number of aryl methyl sites for hydroxylation is 1. The smallest absolute Gasteiger partial charge is 0.264 e. The molecule has 0 saturated heterocycles. The summed E-state index contributed by atoms with van der Waals surface area (Å²) >= 11 is 0. The van der Waals surface area contributed by atoms with Gasteiger partial charge in [0.1, 0.15) is 12.3 Å². The van der Waals surface area contributed by atoms with Crippen molar-refractivity contribution in [3.63, 3.8) is 0 Å². The maximum absolute atomic E-state index is 13.5. The van der Waals surface area contributed by atoms with Crippen LogP contribution in [0.5, 0.6) is 5.75 Å². The first kappa shape index (κ1) is 23.3. The lowest BCUT2D eigenvalue weighted by atomic mass is 10.0. The number of carbonyl (C=O) groups is 1. The minimum Gasteiger partial charge on any atom is -0.497 e. The predicted molar refractivity (Wildman–Crippen MR) is 126 cm³/mol. The highest BCUT2D eigenvalue weighted by Gasteiger charge is 2.28. The SMILES string of the molecule is CC[C@H](NC(=O)CN(c1cccc(OC)c1)S(=O)(=O)c1ccc(C)cc1)c1ccccc1. The highest BCUT2D eigenvalue weighted by atomic mass is 32.2. The van der Waals surface area contributed by atoms with Crippen molar-refractivity contribution in [2.24, 2.45) is 0 Å². The van der Waals surface area contributed by atoms with E-state index < -0.39 is 10.0 Å². The molecule has 1 N–H and O–H groups in total. The van der Waals surface area contributed by atoms with E-state index in [0.717, 1.165) is 15.4 Å². The van der Waals surface area contributed by atoms with Gasteiger partial charge in [-0.15, -0.1) is 0 Å². The van der Waals surface area contributed by atoms with Gasteiger partial charge in [-0.1, -0.05) is 61.0 Å². The summed E-state index contributed by atoms with van der Waals surface area (Å²) < 4.78 is 33.4. The highest BCUT2D eigenvalue weighted by Crippen LogP contribution is 2.27. The molecule has 0 bridgehead atoms. The van der Waals surface area contributed by atoms with Gasteiger partial charge in [0.2, 0.25) is 5.91 Å². The third-order valence-electron chi connectivity index (χ3n) is 5.18. The van der Waals surface area contributed by atoms with Gasteiger partial charge in [-0.25, -0.2) is 8.42 Å². The number of ether oxygens (including phenoxy) is 1. The van der Waals surface area contributed by atoms with E-state index in [1.54, 1.807) is 48.5 Å². The number of sulfonamides is 1. The number of hydrogen-bond donors (Lipinski definition) is 1. The van der Waals surface area contributed by atoms with Crippen LogP contribution in [0.15, 0.2) is 83.8 Å². The highest BCUT2D eigenvalue weighted by molar-refractivity contribution is 7.92. The van der Waals surface area contributed by atoms with E-state index in [1.165, 1.54) is 7.11 Å². The van der Waals surface area contributed by atoms with Crippen LogP contribution in [0, 0.1) is 6.92 Å². The third-order valence-corrected chi connectivity index (χ3v) is 6.97. The number of nitrogens with zero attached hydrogens (tertiary/aromatic N) is 1. The molecular formula is C25H28N2O4S. The number of benzene rings is 3. The molecule has 3 aromatic rings. The Hall–Kier alpha value is -3.32. The second kappa shape index (κ2) is 10.3. The Morgan fingerprint density at radius 3 is 2.31 bits per heavy atom. The van der Waals surface area contributed by atoms with Crippen LogP contribution < -0.4 is 14.4 Å². The molecule has 168 valence electrons. The topological polar surface area (TPSA) is 75.7 Å². The van der Waals surface area contributed by atoms with Crippen LogP contribution in [0.25, 0.3) is 0 Å². The van der Waals surface area contributed by atoms with Crippen LogP contribution in [0.2, 0.25) is 0 Å². The predicted octanol–water partition coefficient (Wildman–Crippen LogP) is 4.47. The number of rotatable bonds is 9. The van der Waals surface area contributed by atoms with E-state index in [0.29, 0.717) is 17.9 Å². The van der Waals surface area contributed by atoms with E-state index in [-0.39, 0.29) is 23.4 Å². The number of anilines is 1. The fourth-order valence-corrected chi connectivity index (χ4v) is 4.81. The second-order valence-corrected chi connectivity index (χ2v) is 9.33. The van der Waals surface area contributed by atoms with Crippen molar-refractivity contribution in [1.29, 1.82) is 0 Å². The molecule has 0 unspecified atom stereocenters. The molecule has 0 radical (unpaired) electrons. The molecule has 0 aliphatic rings. The molecule has 0 aromatic heterocycles. The molecule has 7 heteroatoms. The zero-order valence-corrected chi connectivity index (χ0v) is 19.3. The van der Waals surface area contributed by atoms with Gasteiger partial charge >= 0.3 is 0 Å². The van der Waals surface area contributed by atoms with Crippen LogP contribution in [-0.2, 0) is 14.8 Å². The van der Waals surface area contributed by atoms with Crippen LogP contribution in [0.3, 0.4) is 0 Å². The fraction of sp³-hybridized carbons (Fsp3) is 0.240. The lowest BCUT2D eigenvalue weighted by Crippen LogP contribution is -2.42. The minimum atomic E-state index is -3.98. The Bertz CT molecular complexity index is 1150. The lowest BCUT2D eigenvalue weighted by molar-refractivity contribution is -0.120. The zero-order chi connectivity index (χ0) is 23.1. The Morgan fingerprint density at radius 1 is 1.00 bits per heavy atom. The second-order valence-electron chi connectivity index (χ2n) is 7.47. The summed E-state index contributed by atoms with van der Waals surface area (Å²) in [6, 6.07) is 22.7. The normalized spacial score (nSPS) is 12.1. The fourth-order valence-electron chi connectivity index (χ4n) is 3.39. The molecular weight excluding hydrogens is 424 g/mol. The maximum atomic E-state index is 13.5. The van der Waals surface area contributed by atoms with Gasteiger partial charge in [0, 0.05) is 6.07 Å². The Kier molecular flexibility index (Phi) is 7.53. The zero-order valence-electron chi connectivity index (χ0n) is 18.5. The van der Waals surface area contributed by atoms with Gasteiger partial charge in [-0.2, -0.15) is 0 Å². The molecule has 0 saturated carbocycles. The molecule has 6 nitrogen and oxygen atoms in total. The summed E-state index contributed by atoms with van der Waals surface area (Å²) in [5.74, 6) is 0.113. The number of methoxy groups -OCH3 is 1. The van der Waals surface area contributed by atoms with E-state index in [9.17, 15) is 13.2 Å². The number of carbonyl (C=O) groups excluding carboxylic acids is 1. The van der Waals surface area contributed by atoms with Crippen molar-refractivity contribution in [3.8, 4) is 5.75 Å². The summed E-state index contributed by atoms with van der Waals surface area (Å²) in [4.78, 5) is 13.1. The molecule has 0 aliphatic carbocycles. The summed E-state index contributed by atoms with van der Waals surface area (Å²) in [5, 5.41) is 2.97. The minimum absolute atomic E-state index is 0.119. The molecule has 1 amide bonds. The molecule has 1 atom stereocenters. The van der Waals surface area contributed by atoms with Crippen molar-refractivity contribution >= 4 is 21.6 Å². The first-order valence-corrected chi connectivity index (χ1v) is 11.9. The first-order valence-electron chi connectivity index (χ1n) is 10.4. The van der Waals surface area contributed by atoms with Crippen LogP contribution in [0.4, 0.5) is 5.69 Å². The number of nitrogens with one attached hydrogen (secondary N) is 1. The molecule has 0 aliphatic heterocycles.